The van der Waals surface area contributed by atoms with Crippen molar-refractivity contribution in [2.24, 2.45) is 0 Å². The zero-order valence-electron chi connectivity index (χ0n) is 9.70. The van der Waals surface area contributed by atoms with Crippen LogP contribution < -0.4 is 10.2 Å². The Morgan fingerprint density at radius 2 is 2.06 bits per heavy atom. The molecule has 0 atom stereocenters. The predicted molar refractivity (Wildman–Crippen MR) is 65.8 cm³/mol. The van der Waals surface area contributed by atoms with Gasteiger partial charge in [-0.05, 0) is 30.5 Å². The number of amides is 2. The second-order valence-electron chi connectivity index (χ2n) is 4.15. The summed E-state index contributed by atoms with van der Waals surface area (Å²) >= 11 is 0. The fourth-order valence-corrected chi connectivity index (χ4v) is 2.01. The molecule has 1 aliphatic heterocycles. The summed E-state index contributed by atoms with van der Waals surface area (Å²) in [5.41, 5.74) is 2.33. The summed E-state index contributed by atoms with van der Waals surface area (Å²) in [5.74, 6) is 0. The molecule has 2 rings (SSSR count). The van der Waals surface area contributed by atoms with Crippen molar-refractivity contribution in [3.63, 3.8) is 0 Å². The van der Waals surface area contributed by atoms with Crippen LogP contribution in [-0.2, 0) is 6.42 Å². The molecule has 1 aromatic carbocycles. The van der Waals surface area contributed by atoms with E-state index in [1.165, 1.54) is 5.56 Å². The number of benzene rings is 1. The van der Waals surface area contributed by atoms with Crippen LogP contribution in [0.5, 0.6) is 0 Å². The summed E-state index contributed by atoms with van der Waals surface area (Å²) in [7, 11) is 0. The van der Waals surface area contributed by atoms with Gasteiger partial charge in [-0.1, -0.05) is 25.5 Å². The quantitative estimate of drug-likeness (QED) is 0.830. The van der Waals surface area contributed by atoms with Gasteiger partial charge < -0.3 is 5.32 Å². The molecular formula is C13H18N2O. The van der Waals surface area contributed by atoms with E-state index in [2.05, 4.69) is 24.4 Å². The minimum atomic E-state index is 0.0227. The third kappa shape index (κ3) is 2.35. The standard InChI is InChI=1S/C13H18N2O/c1-2-4-11-5-7-12(8-6-11)15-10-3-9-14-13(15)16/h5-8H,2-4,9-10H2,1H3,(H,14,16). The highest BCUT2D eigenvalue weighted by atomic mass is 16.2. The van der Waals surface area contributed by atoms with Crippen molar-refractivity contribution in [3.8, 4) is 0 Å². The van der Waals surface area contributed by atoms with E-state index in [-0.39, 0.29) is 6.03 Å². The molecule has 3 nitrogen and oxygen atoms in total. The lowest BCUT2D eigenvalue weighted by molar-refractivity contribution is 0.243. The van der Waals surface area contributed by atoms with E-state index in [0.29, 0.717) is 0 Å². The van der Waals surface area contributed by atoms with Crippen molar-refractivity contribution >= 4 is 11.7 Å². The van der Waals surface area contributed by atoms with Gasteiger partial charge >= 0.3 is 6.03 Å². The second-order valence-corrected chi connectivity index (χ2v) is 4.15. The lowest BCUT2D eigenvalue weighted by atomic mass is 10.1. The Morgan fingerprint density at radius 3 is 2.69 bits per heavy atom. The summed E-state index contributed by atoms with van der Waals surface area (Å²) < 4.78 is 0. The van der Waals surface area contributed by atoms with E-state index >= 15 is 0 Å². The van der Waals surface area contributed by atoms with E-state index in [1.807, 2.05) is 12.1 Å². The highest BCUT2D eigenvalue weighted by Gasteiger charge is 2.18. The van der Waals surface area contributed by atoms with Crippen LogP contribution in [0.4, 0.5) is 10.5 Å². The molecule has 0 saturated carbocycles. The predicted octanol–water partition coefficient (Wildman–Crippen LogP) is 2.56. The highest BCUT2D eigenvalue weighted by Crippen LogP contribution is 2.18. The SMILES string of the molecule is CCCc1ccc(N2CCCNC2=O)cc1. The molecule has 86 valence electrons. The minimum Gasteiger partial charge on any atom is -0.338 e. The molecule has 2 amide bonds. The molecule has 0 radical (unpaired) electrons. The first-order chi connectivity index (χ1) is 7.81. The monoisotopic (exact) mass is 218 g/mol. The Bertz CT molecular complexity index is 359. The van der Waals surface area contributed by atoms with E-state index in [0.717, 1.165) is 38.0 Å². The first kappa shape index (κ1) is 11.0. The molecule has 16 heavy (non-hydrogen) atoms. The summed E-state index contributed by atoms with van der Waals surface area (Å²) in [6, 6.07) is 8.32. The molecule has 0 aromatic heterocycles. The first-order valence-corrected chi connectivity index (χ1v) is 5.95. The van der Waals surface area contributed by atoms with Gasteiger partial charge in [0.2, 0.25) is 0 Å². The Morgan fingerprint density at radius 1 is 1.31 bits per heavy atom. The lowest BCUT2D eigenvalue weighted by Crippen LogP contribution is -2.46. The number of rotatable bonds is 3. The number of carbonyl (C=O) groups excluding carboxylic acids is 1. The number of anilines is 1. The molecule has 1 heterocycles. The van der Waals surface area contributed by atoms with Crippen LogP contribution in [0.15, 0.2) is 24.3 Å². The second kappa shape index (κ2) is 5.01. The molecule has 3 heteroatoms. The number of urea groups is 1. The number of aryl methyl sites for hydroxylation is 1. The molecular weight excluding hydrogens is 200 g/mol. The number of nitrogens with one attached hydrogen (secondary N) is 1. The van der Waals surface area contributed by atoms with Gasteiger partial charge in [0, 0.05) is 18.8 Å². The van der Waals surface area contributed by atoms with Gasteiger partial charge in [-0.15, -0.1) is 0 Å². The molecule has 1 aromatic rings. The molecule has 0 unspecified atom stereocenters. The average Bonchev–Trinajstić information content (AvgIpc) is 2.31. The topological polar surface area (TPSA) is 32.3 Å². The molecule has 1 fully saturated rings. The van der Waals surface area contributed by atoms with E-state index < -0.39 is 0 Å². The summed E-state index contributed by atoms with van der Waals surface area (Å²) in [4.78, 5) is 13.4. The average molecular weight is 218 g/mol. The number of carbonyl (C=O) groups is 1. The van der Waals surface area contributed by atoms with Crippen LogP contribution >= 0.6 is 0 Å². The van der Waals surface area contributed by atoms with Crippen molar-refractivity contribution in [3.05, 3.63) is 29.8 Å². The zero-order valence-corrected chi connectivity index (χ0v) is 9.70. The van der Waals surface area contributed by atoms with E-state index in [9.17, 15) is 4.79 Å². The van der Waals surface area contributed by atoms with Gasteiger partial charge in [0.05, 0.1) is 0 Å². The molecule has 1 saturated heterocycles. The molecule has 0 aliphatic carbocycles. The summed E-state index contributed by atoms with van der Waals surface area (Å²) in [5, 5.41) is 2.86. The maximum absolute atomic E-state index is 11.6. The van der Waals surface area contributed by atoms with E-state index in [1.54, 1.807) is 4.90 Å². The molecule has 1 aliphatic rings. The molecule has 1 N–H and O–H groups in total. The van der Waals surface area contributed by atoms with Gasteiger partial charge in [-0.2, -0.15) is 0 Å². The van der Waals surface area contributed by atoms with Crippen molar-refractivity contribution in [2.75, 3.05) is 18.0 Å². The summed E-state index contributed by atoms with van der Waals surface area (Å²) in [6.07, 6.45) is 3.28. The largest absolute Gasteiger partial charge is 0.338 e. The summed E-state index contributed by atoms with van der Waals surface area (Å²) in [6.45, 7) is 3.79. The van der Waals surface area contributed by atoms with Crippen molar-refractivity contribution < 1.29 is 4.79 Å². The molecule has 0 bridgehead atoms. The lowest BCUT2D eigenvalue weighted by Gasteiger charge is -2.27. The number of hydrogen-bond donors (Lipinski definition) is 1. The van der Waals surface area contributed by atoms with Gasteiger partial charge in [0.25, 0.3) is 0 Å². The third-order valence-corrected chi connectivity index (χ3v) is 2.87. The van der Waals surface area contributed by atoms with Gasteiger partial charge in [-0.3, -0.25) is 4.90 Å². The zero-order chi connectivity index (χ0) is 11.4. The fraction of sp³-hybridized carbons (Fsp3) is 0.462. The van der Waals surface area contributed by atoms with Crippen LogP contribution in [0.1, 0.15) is 25.3 Å². The van der Waals surface area contributed by atoms with Crippen LogP contribution in [-0.4, -0.2) is 19.1 Å². The maximum atomic E-state index is 11.6. The molecule has 0 spiro atoms. The third-order valence-electron chi connectivity index (χ3n) is 2.87. The van der Waals surface area contributed by atoms with Crippen LogP contribution in [0.3, 0.4) is 0 Å². The van der Waals surface area contributed by atoms with Gasteiger partial charge in [0.15, 0.2) is 0 Å². The van der Waals surface area contributed by atoms with E-state index in [4.69, 9.17) is 0 Å². The van der Waals surface area contributed by atoms with Crippen molar-refractivity contribution in [1.82, 2.24) is 5.32 Å². The van der Waals surface area contributed by atoms with Crippen LogP contribution in [0, 0.1) is 0 Å². The van der Waals surface area contributed by atoms with Gasteiger partial charge in [0.1, 0.15) is 0 Å². The smallest absolute Gasteiger partial charge is 0.321 e. The number of hydrogen-bond acceptors (Lipinski definition) is 1. The van der Waals surface area contributed by atoms with Crippen LogP contribution in [0.2, 0.25) is 0 Å². The highest BCUT2D eigenvalue weighted by molar-refractivity contribution is 5.92. The van der Waals surface area contributed by atoms with Crippen molar-refractivity contribution in [2.45, 2.75) is 26.2 Å². The number of nitrogens with zero attached hydrogens (tertiary/aromatic N) is 1. The maximum Gasteiger partial charge on any atom is 0.321 e. The Labute approximate surface area is 96.5 Å². The van der Waals surface area contributed by atoms with Crippen molar-refractivity contribution in [1.29, 1.82) is 0 Å². The van der Waals surface area contributed by atoms with Crippen LogP contribution in [0.25, 0.3) is 0 Å². The Balaban J connectivity index is 2.11. The Kier molecular flexibility index (Phi) is 3.44. The first-order valence-electron chi connectivity index (χ1n) is 5.95. The Hall–Kier alpha value is -1.51. The van der Waals surface area contributed by atoms with Gasteiger partial charge in [-0.25, -0.2) is 4.79 Å². The normalized spacial score (nSPS) is 16.1. The fourth-order valence-electron chi connectivity index (χ4n) is 2.01. The minimum absolute atomic E-state index is 0.0227.